The molecular formula is C15H17F5N2O2. The monoisotopic (exact) mass is 352 g/mol. The Kier molecular flexibility index (Phi) is 7.12. The van der Waals surface area contributed by atoms with E-state index < -0.39 is 47.1 Å². The molecule has 0 aromatic heterocycles. The molecule has 24 heavy (non-hydrogen) atoms. The van der Waals surface area contributed by atoms with Gasteiger partial charge in [0.15, 0.2) is 23.3 Å². The van der Waals surface area contributed by atoms with Crippen LogP contribution in [0.3, 0.4) is 0 Å². The van der Waals surface area contributed by atoms with Crippen LogP contribution in [0.4, 0.5) is 22.0 Å². The topological polar surface area (TPSA) is 58.2 Å². The Morgan fingerprint density at radius 3 is 1.79 bits per heavy atom. The van der Waals surface area contributed by atoms with Crippen LogP contribution < -0.4 is 10.6 Å². The van der Waals surface area contributed by atoms with Crippen molar-refractivity contribution in [2.45, 2.75) is 45.7 Å². The predicted octanol–water partition coefficient (Wildman–Crippen LogP) is 2.69. The summed E-state index contributed by atoms with van der Waals surface area (Å²) in [6.45, 7) is 2.70. The Morgan fingerprint density at radius 2 is 1.29 bits per heavy atom. The highest BCUT2D eigenvalue weighted by molar-refractivity contribution is 5.78. The van der Waals surface area contributed by atoms with Crippen LogP contribution in [0.15, 0.2) is 0 Å². The van der Waals surface area contributed by atoms with E-state index >= 15 is 0 Å². The van der Waals surface area contributed by atoms with Crippen LogP contribution in [0.25, 0.3) is 0 Å². The molecule has 0 aliphatic rings. The predicted molar refractivity (Wildman–Crippen MR) is 75.2 cm³/mol. The maximum atomic E-state index is 13.4. The minimum atomic E-state index is -2.25. The molecule has 0 saturated heterocycles. The van der Waals surface area contributed by atoms with E-state index in [1.165, 1.54) is 0 Å². The molecule has 4 nitrogen and oxygen atoms in total. The third-order valence-corrected chi connectivity index (χ3v) is 3.02. The number of nitrogens with one attached hydrogen (secondary N) is 2. The molecule has 0 saturated carbocycles. The van der Waals surface area contributed by atoms with E-state index in [0.29, 0.717) is 0 Å². The van der Waals surface area contributed by atoms with Gasteiger partial charge in [0, 0.05) is 31.0 Å². The van der Waals surface area contributed by atoms with Gasteiger partial charge in [0.2, 0.25) is 17.6 Å². The number of hydrogen-bond donors (Lipinski definition) is 2. The third-order valence-electron chi connectivity index (χ3n) is 3.02. The first-order valence-corrected chi connectivity index (χ1v) is 7.21. The highest BCUT2D eigenvalue weighted by Gasteiger charge is 2.25. The van der Waals surface area contributed by atoms with Gasteiger partial charge in [0.25, 0.3) is 0 Å². The SMILES string of the molecule is CC(C)NC(=O)CCCC(=O)NCc1c(F)c(F)c(F)c(F)c1F. The summed E-state index contributed by atoms with van der Waals surface area (Å²) in [6, 6.07) is -0.0412. The van der Waals surface area contributed by atoms with Crippen LogP contribution in [-0.4, -0.2) is 17.9 Å². The number of rotatable bonds is 7. The van der Waals surface area contributed by atoms with Crippen LogP contribution in [-0.2, 0) is 16.1 Å². The van der Waals surface area contributed by atoms with Gasteiger partial charge < -0.3 is 10.6 Å². The summed E-state index contributed by atoms with van der Waals surface area (Å²) >= 11 is 0. The van der Waals surface area contributed by atoms with Gasteiger partial charge in [0.05, 0.1) is 0 Å². The molecular weight excluding hydrogens is 335 g/mol. The van der Waals surface area contributed by atoms with Gasteiger partial charge in [-0.05, 0) is 20.3 Å². The zero-order chi connectivity index (χ0) is 18.4. The van der Waals surface area contributed by atoms with Crippen LogP contribution in [0.1, 0.15) is 38.7 Å². The Bertz CT molecular complexity index is 606. The molecule has 0 atom stereocenters. The van der Waals surface area contributed by atoms with E-state index in [1.807, 2.05) is 0 Å². The molecule has 2 N–H and O–H groups in total. The maximum Gasteiger partial charge on any atom is 0.220 e. The molecule has 1 aromatic rings. The minimum absolute atomic E-state index is 0.0412. The highest BCUT2D eigenvalue weighted by Crippen LogP contribution is 2.22. The van der Waals surface area contributed by atoms with E-state index in [-0.39, 0.29) is 31.2 Å². The molecule has 0 spiro atoms. The normalized spacial score (nSPS) is 10.8. The second-order valence-electron chi connectivity index (χ2n) is 5.40. The summed E-state index contributed by atoms with van der Waals surface area (Å²) in [5.74, 6) is -11.3. The lowest BCUT2D eigenvalue weighted by atomic mass is 10.1. The van der Waals surface area contributed by atoms with Crippen LogP contribution in [0.5, 0.6) is 0 Å². The number of amides is 2. The first-order chi connectivity index (χ1) is 11.1. The van der Waals surface area contributed by atoms with Gasteiger partial charge in [-0.1, -0.05) is 0 Å². The van der Waals surface area contributed by atoms with Crippen molar-refractivity contribution < 1.29 is 31.5 Å². The highest BCUT2D eigenvalue weighted by atomic mass is 19.2. The van der Waals surface area contributed by atoms with Gasteiger partial charge in [-0.25, -0.2) is 22.0 Å². The number of hydrogen-bond acceptors (Lipinski definition) is 2. The largest absolute Gasteiger partial charge is 0.354 e. The quantitative estimate of drug-likeness (QED) is 0.450. The van der Waals surface area contributed by atoms with Gasteiger partial charge in [-0.2, -0.15) is 0 Å². The fourth-order valence-electron chi connectivity index (χ4n) is 1.88. The molecule has 9 heteroatoms. The number of carbonyl (C=O) groups excluding carboxylic acids is 2. The van der Waals surface area contributed by atoms with Crippen molar-refractivity contribution in [3.63, 3.8) is 0 Å². The molecule has 0 unspecified atom stereocenters. The van der Waals surface area contributed by atoms with E-state index in [4.69, 9.17) is 0 Å². The maximum absolute atomic E-state index is 13.4. The molecule has 1 aromatic carbocycles. The molecule has 0 bridgehead atoms. The Labute approximate surface area is 135 Å². The average molecular weight is 352 g/mol. The van der Waals surface area contributed by atoms with Crippen molar-refractivity contribution in [1.29, 1.82) is 0 Å². The lowest BCUT2D eigenvalue weighted by molar-refractivity contribution is -0.122. The summed E-state index contributed by atoms with van der Waals surface area (Å²) in [7, 11) is 0. The molecule has 0 aliphatic carbocycles. The number of halogens is 5. The molecule has 134 valence electrons. The second-order valence-corrected chi connectivity index (χ2v) is 5.40. The first-order valence-electron chi connectivity index (χ1n) is 7.21. The van der Waals surface area contributed by atoms with Gasteiger partial charge >= 0.3 is 0 Å². The standard InChI is InChI=1S/C15H17F5N2O2/c1-7(2)22-10(24)5-3-4-9(23)21-6-8-11(16)13(18)15(20)14(19)12(8)17/h7H,3-6H2,1-2H3,(H,21,23)(H,22,24). The summed E-state index contributed by atoms with van der Waals surface area (Å²) in [6.07, 6.45) is 0.135. The molecule has 1 rings (SSSR count). The fraction of sp³-hybridized carbons (Fsp3) is 0.467. The Morgan fingerprint density at radius 1 is 0.833 bits per heavy atom. The average Bonchev–Trinajstić information content (AvgIpc) is 2.50. The smallest absolute Gasteiger partial charge is 0.220 e. The minimum Gasteiger partial charge on any atom is -0.354 e. The van der Waals surface area contributed by atoms with E-state index in [0.717, 1.165) is 0 Å². The molecule has 2 amide bonds. The Balaban J connectivity index is 2.55. The number of carbonyl (C=O) groups is 2. The van der Waals surface area contributed by atoms with Crippen LogP contribution >= 0.6 is 0 Å². The summed E-state index contributed by atoms with van der Waals surface area (Å²) < 4.78 is 65.7. The first kappa shape index (κ1) is 19.9. The van der Waals surface area contributed by atoms with Crippen molar-refractivity contribution in [2.24, 2.45) is 0 Å². The van der Waals surface area contributed by atoms with Crippen LogP contribution in [0.2, 0.25) is 0 Å². The van der Waals surface area contributed by atoms with Crippen molar-refractivity contribution >= 4 is 11.8 Å². The second kappa shape index (κ2) is 8.60. The van der Waals surface area contributed by atoms with E-state index in [9.17, 15) is 31.5 Å². The molecule has 0 heterocycles. The lowest BCUT2D eigenvalue weighted by Gasteiger charge is -2.10. The number of benzene rings is 1. The lowest BCUT2D eigenvalue weighted by Crippen LogP contribution is -2.30. The fourth-order valence-corrected chi connectivity index (χ4v) is 1.88. The Hall–Kier alpha value is -2.19. The van der Waals surface area contributed by atoms with E-state index in [1.54, 1.807) is 13.8 Å². The summed E-state index contributed by atoms with van der Waals surface area (Å²) in [4.78, 5) is 22.9. The van der Waals surface area contributed by atoms with E-state index in [2.05, 4.69) is 10.6 Å². The third kappa shape index (κ3) is 5.17. The summed E-state index contributed by atoms with van der Waals surface area (Å²) in [5.41, 5.74) is -1.11. The van der Waals surface area contributed by atoms with Crippen molar-refractivity contribution in [1.82, 2.24) is 10.6 Å². The van der Waals surface area contributed by atoms with Gasteiger partial charge in [-0.15, -0.1) is 0 Å². The van der Waals surface area contributed by atoms with Crippen molar-refractivity contribution in [3.05, 3.63) is 34.6 Å². The van der Waals surface area contributed by atoms with Gasteiger partial charge in [0.1, 0.15) is 0 Å². The summed E-state index contributed by atoms with van der Waals surface area (Å²) in [5, 5.41) is 4.68. The van der Waals surface area contributed by atoms with Crippen LogP contribution in [0, 0.1) is 29.1 Å². The van der Waals surface area contributed by atoms with Crippen molar-refractivity contribution in [2.75, 3.05) is 0 Å². The van der Waals surface area contributed by atoms with Gasteiger partial charge in [-0.3, -0.25) is 9.59 Å². The molecule has 0 aliphatic heterocycles. The van der Waals surface area contributed by atoms with Crippen molar-refractivity contribution in [3.8, 4) is 0 Å². The molecule has 0 radical (unpaired) electrons. The zero-order valence-corrected chi connectivity index (χ0v) is 13.1. The zero-order valence-electron chi connectivity index (χ0n) is 13.1. The molecule has 0 fully saturated rings.